The number of para-hydroxylation sites is 1. The largest absolute Gasteiger partial charge is 0.379 e. The van der Waals surface area contributed by atoms with Crippen LogP contribution in [0, 0.1) is 6.92 Å². The summed E-state index contributed by atoms with van der Waals surface area (Å²) in [4.78, 5) is 7.91. The molecule has 1 aliphatic heterocycles. The number of rotatable bonds is 1. The smallest absolute Gasteiger partial charge is 0.129 e. The molecule has 4 nitrogen and oxygen atoms in total. The molecule has 2 aromatic rings. The standard InChI is InChI=1S/C12H15N3O/c1-8-3-2-4-9-10(8)15-11(14-9)12(13)5-6-16-7-12/h2-4H,5-7,13H2,1H3,(H,14,15). The summed E-state index contributed by atoms with van der Waals surface area (Å²) in [6, 6.07) is 6.10. The zero-order valence-electron chi connectivity index (χ0n) is 9.29. The SMILES string of the molecule is Cc1cccc2[nH]c(C3(N)CCOC3)nc12. The predicted molar refractivity (Wildman–Crippen MR) is 62.1 cm³/mol. The average molecular weight is 217 g/mol. The minimum atomic E-state index is -0.439. The second-order valence-corrected chi connectivity index (χ2v) is 4.52. The number of nitrogens with zero attached hydrogens (tertiary/aromatic N) is 1. The number of nitrogens with one attached hydrogen (secondary N) is 1. The van der Waals surface area contributed by atoms with E-state index in [1.165, 1.54) is 5.56 Å². The van der Waals surface area contributed by atoms with Crippen molar-refractivity contribution in [2.45, 2.75) is 18.9 Å². The van der Waals surface area contributed by atoms with Crippen LogP contribution in [0.3, 0.4) is 0 Å². The lowest BCUT2D eigenvalue weighted by atomic mass is 10.00. The molecule has 16 heavy (non-hydrogen) atoms. The molecule has 1 saturated heterocycles. The second-order valence-electron chi connectivity index (χ2n) is 4.52. The fraction of sp³-hybridized carbons (Fsp3) is 0.417. The number of aromatic amines is 1. The molecular weight excluding hydrogens is 202 g/mol. The Hall–Kier alpha value is -1.39. The molecule has 0 amide bonds. The minimum absolute atomic E-state index is 0.439. The summed E-state index contributed by atoms with van der Waals surface area (Å²) in [5, 5.41) is 0. The number of hydrogen-bond donors (Lipinski definition) is 2. The third kappa shape index (κ3) is 1.34. The van der Waals surface area contributed by atoms with Gasteiger partial charge in [-0.15, -0.1) is 0 Å². The normalized spacial score (nSPS) is 25.4. The molecule has 3 N–H and O–H groups in total. The number of fused-ring (bicyclic) bond motifs is 1. The average Bonchev–Trinajstić information content (AvgIpc) is 2.85. The van der Waals surface area contributed by atoms with E-state index < -0.39 is 5.54 Å². The van der Waals surface area contributed by atoms with Gasteiger partial charge in [-0.3, -0.25) is 0 Å². The third-order valence-electron chi connectivity index (χ3n) is 3.24. The monoisotopic (exact) mass is 217 g/mol. The first kappa shape index (κ1) is 9.81. The number of benzene rings is 1. The maximum atomic E-state index is 6.28. The number of ether oxygens (including phenoxy) is 1. The molecule has 0 saturated carbocycles. The lowest BCUT2D eigenvalue weighted by Gasteiger charge is -2.17. The van der Waals surface area contributed by atoms with Crippen molar-refractivity contribution in [2.24, 2.45) is 5.73 Å². The molecule has 1 fully saturated rings. The minimum Gasteiger partial charge on any atom is -0.379 e. The molecule has 2 heterocycles. The quantitative estimate of drug-likeness (QED) is 0.759. The van der Waals surface area contributed by atoms with E-state index in [0.29, 0.717) is 13.2 Å². The van der Waals surface area contributed by atoms with Gasteiger partial charge in [-0.2, -0.15) is 0 Å². The third-order valence-corrected chi connectivity index (χ3v) is 3.24. The number of hydrogen-bond acceptors (Lipinski definition) is 3. The van der Waals surface area contributed by atoms with Gasteiger partial charge in [-0.05, 0) is 25.0 Å². The van der Waals surface area contributed by atoms with Crippen LogP contribution in [0.15, 0.2) is 18.2 Å². The number of nitrogens with two attached hydrogens (primary N) is 1. The van der Waals surface area contributed by atoms with Crippen LogP contribution in [0.4, 0.5) is 0 Å². The maximum absolute atomic E-state index is 6.28. The van der Waals surface area contributed by atoms with Crippen molar-refractivity contribution < 1.29 is 4.74 Å². The molecular formula is C12H15N3O. The van der Waals surface area contributed by atoms with E-state index in [4.69, 9.17) is 10.5 Å². The molecule has 1 aliphatic rings. The van der Waals surface area contributed by atoms with E-state index in [-0.39, 0.29) is 0 Å². The molecule has 1 atom stereocenters. The highest BCUT2D eigenvalue weighted by atomic mass is 16.5. The van der Waals surface area contributed by atoms with Crippen LogP contribution in [-0.4, -0.2) is 23.2 Å². The molecule has 84 valence electrons. The number of aromatic nitrogens is 2. The topological polar surface area (TPSA) is 63.9 Å². The zero-order chi connectivity index (χ0) is 11.2. The van der Waals surface area contributed by atoms with Gasteiger partial charge in [0.1, 0.15) is 11.4 Å². The molecule has 0 spiro atoms. The first-order valence-electron chi connectivity index (χ1n) is 5.51. The Kier molecular flexibility index (Phi) is 2.02. The van der Waals surface area contributed by atoms with Gasteiger partial charge in [0.15, 0.2) is 0 Å². The Bertz CT molecular complexity index is 526. The van der Waals surface area contributed by atoms with E-state index in [2.05, 4.69) is 23.0 Å². The van der Waals surface area contributed by atoms with Crippen LogP contribution in [-0.2, 0) is 10.3 Å². The summed E-state index contributed by atoms with van der Waals surface area (Å²) in [6.45, 7) is 3.32. The Morgan fingerprint density at radius 3 is 3.06 bits per heavy atom. The van der Waals surface area contributed by atoms with Crippen molar-refractivity contribution >= 4 is 11.0 Å². The van der Waals surface area contributed by atoms with Crippen molar-refractivity contribution in [1.82, 2.24) is 9.97 Å². The van der Waals surface area contributed by atoms with Crippen LogP contribution < -0.4 is 5.73 Å². The van der Waals surface area contributed by atoms with Gasteiger partial charge in [0, 0.05) is 6.61 Å². The van der Waals surface area contributed by atoms with E-state index in [0.717, 1.165) is 23.3 Å². The first-order valence-corrected chi connectivity index (χ1v) is 5.51. The van der Waals surface area contributed by atoms with Gasteiger partial charge in [0.25, 0.3) is 0 Å². The van der Waals surface area contributed by atoms with Crippen molar-refractivity contribution in [1.29, 1.82) is 0 Å². The molecule has 0 aliphatic carbocycles. The van der Waals surface area contributed by atoms with E-state index in [9.17, 15) is 0 Å². The first-order chi connectivity index (χ1) is 7.69. The van der Waals surface area contributed by atoms with Gasteiger partial charge in [-0.1, -0.05) is 12.1 Å². The summed E-state index contributed by atoms with van der Waals surface area (Å²) >= 11 is 0. The van der Waals surface area contributed by atoms with Crippen molar-refractivity contribution in [3.05, 3.63) is 29.6 Å². The van der Waals surface area contributed by atoms with Crippen molar-refractivity contribution in [3.63, 3.8) is 0 Å². The van der Waals surface area contributed by atoms with Crippen LogP contribution in [0.2, 0.25) is 0 Å². The van der Waals surface area contributed by atoms with E-state index >= 15 is 0 Å². The molecule has 1 aromatic carbocycles. The van der Waals surface area contributed by atoms with Crippen LogP contribution >= 0.6 is 0 Å². The maximum Gasteiger partial charge on any atom is 0.129 e. The molecule has 1 aromatic heterocycles. The Labute approximate surface area is 93.8 Å². The van der Waals surface area contributed by atoms with E-state index in [1.54, 1.807) is 0 Å². The Morgan fingerprint density at radius 2 is 2.38 bits per heavy atom. The zero-order valence-corrected chi connectivity index (χ0v) is 9.29. The van der Waals surface area contributed by atoms with Crippen molar-refractivity contribution in [3.8, 4) is 0 Å². The number of H-pyrrole nitrogens is 1. The lowest BCUT2D eigenvalue weighted by molar-refractivity contribution is 0.176. The van der Waals surface area contributed by atoms with Gasteiger partial charge < -0.3 is 15.5 Å². The summed E-state index contributed by atoms with van der Waals surface area (Å²) in [7, 11) is 0. The lowest BCUT2D eigenvalue weighted by Crippen LogP contribution is -2.38. The summed E-state index contributed by atoms with van der Waals surface area (Å²) in [6.07, 6.45) is 0.825. The van der Waals surface area contributed by atoms with Crippen LogP contribution in [0.5, 0.6) is 0 Å². The van der Waals surface area contributed by atoms with Gasteiger partial charge >= 0.3 is 0 Å². The highest BCUT2D eigenvalue weighted by Crippen LogP contribution is 2.27. The van der Waals surface area contributed by atoms with Gasteiger partial charge in [-0.25, -0.2) is 4.98 Å². The number of imidazole rings is 1. The van der Waals surface area contributed by atoms with Crippen LogP contribution in [0.1, 0.15) is 17.8 Å². The predicted octanol–water partition coefficient (Wildman–Crippen LogP) is 1.45. The highest BCUT2D eigenvalue weighted by Gasteiger charge is 2.35. The van der Waals surface area contributed by atoms with Crippen LogP contribution in [0.25, 0.3) is 11.0 Å². The highest BCUT2D eigenvalue weighted by molar-refractivity contribution is 5.78. The molecule has 1 unspecified atom stereocenters. The summed E-state index contributed by atoms with van der Waals surface area (Å²) < 4.78 is 5.36. The van der Waals surface area contributed by atoms with E-state index in [1.807, 2.05) is 12.1 Å². The molecule has 0 bridgehead atoms. The van der Waals surface area contributed by atoms with Gasteiger partial charge in [0.2, 0.25) is 0 Å². The summed E-state index contributed by atoms with van der Waals surface area (Å²) in [5.41, 5.74) is 9.06. The number of aryl methyl sites for hydroxylation is 1. The fourth-order valence-electron chi connectivity index (χ4n) is 2.18. The molecule has 3 rings (SSSR count). The summed E-state index contributed by atoms with van der Waals surface area (Å²) in [5.74, 6) is 0.842. The van der Waals surface area contributed by atoms with Crippen molar-refractivity contribution in [2.75, 3.05) is 13.2 Å². The Balaban J connectivity index is 2.15. The second kappa shape index (κ2) is 3.30. The molecule has 0 radical (unpaired) electrons. The fourth-order valence-corrected chi connectivity index (χ4v) is 2.18. The Morgan fingerprint density at radius 1 is 1.50 bits per heavy atom. The van der Waals surface area contributed by atoms with Gasteiger partial charge in [0.05, 0.1) is 17.6 Å². The molecule has 4 heteroatoms.